The van der Waals surface area contributed by atoms with Crippen LogP contribution in [0.15, 0.2) is 0 Å². The first-order valence-corrected chi connectivity index (χ1v) is 38.1. The van der Waals surface area contributed by atoms with Crippen LogP contribution in [-0.2, 0) is 57.5 Å². The van der Waals surface area contributed by atoms with Crippen molar-refractivity contribution in [2.75, 3.05) is 75.0 Å². The maximum absolute atomic E-state index is 15.5. The van der Waals surface area contributed by atoms with Gasteiger partial charge in [-0.3, -0.25) is 57.5 Å². The predicted molar refractivity (Wildman–Crippen MR) is 375 cm³/mol. The molecule has 7 aliphatic rings. The smallest absolute Gasteiger partial charge is 0.343 e. The highest BCUT2D eigenvalue weighted by atomic mass is 35.5. The Morgan fingerprint density at radius 2 is 1.23 bits per heavy atom. The number of likely N-dealkylation sites (N-methyl/N-ethyl adjacent to an activating group) is 6. The molecule has 101 heavy (non-hydrogen) atoms. The molecule has 24 nitrogen and oxygen atoms in total. The summed E-state index contributed by atoms with van der Waals surface area (Å²) in [6, 6.07) is -10.8. The van der Waals surface area contributed by atoms with Gasteiger partial charge in [0.2, 0.25) is 70.9 Å². The van der Waals surface area contributed by atoms with E-state index >= 15 is 33.6 Å². The van der Waals surface area contributed by atoms with E-state index in [2.05, 4.69) is 16.0 Å². The van der Waals surface area contributed by atoms with Crippen LogP contribution in [0, 0.1) is 35.5 Å². The molecule has 0 radical (unpaired) electrons. The first-order valence-electron chi connectivity index (χ1n) is 37.7. The Bertz CT molecular complexity index is 2960. The number of amides is 12. The number of likely N-dealkylation sites (tertiary alicyclic amines) is 1. The summed E-state index contributed by atoms with van der Waals surface area (Å²) in [5, 5.41) is 7.64. The molecule has 3 N–H and O–H groups in total. The van der Waals surface area contributed by atoms with Gasteiger partial charge in [0, 0.05) is 73.8 Å². The van der Waals surface area contributed by atoms with Gasteiger partial charge in [-0.25, -0.2) is 0 Å². The van der Waals surface area contributed by atoms with Gasteiger partial charge in [-0.15, -0.1) is 11.6 Å². The number of nitrogens with zero attached hydrogens (tertiary/aromatic N) is 9. The van der Waals surface area contributed by atoms with Gasteiger partial charge in [0.15, 0.2) is 0 Å². The van der Waals surface area contributed by atoms with Gasteiger partial charge in [-0.05, 0) is 139 Å². The van der Waals surface area contributed by atoms with Crippen molar-refractivity contribution in [2.24, 2.45) is 35.5 Å². The Morgan fingerprint density at radius 3 is 1.81 bits per heavy atom. The van der Waals surface area contributed by atoms with Crippen LogP contribution in [0.2, 0.25) is 0 Å². The Balaban J connectivity index is 1.28. The van der Waals surface area contributed by atoms with Crippen LogP contribution in [0.1, 0.15) is 209 Å². The van der Waals surface area contributed by atoms with E-state index in [-0.39, 0.29) is 101 Å². The fraction of sp³-hybridized carbons (Fsp3) is 0.836. The fourth-order valence-electron chi connectivity index (χ4n) is 16.6. The minimum Gasteiger partial charge on any atom is -0.343 e. The zero-order chi connectivity index (χ0) is 74.7. The number of nitrogens with one attached hydrogen (secondary N) is 3. The van der Waals surface area contributed by atoms with Crippen molar-refractivity contribution in [3.05, 3.63) is 0 Å². The molecule has 13 atom stereocenters. The van der Waals surface area contributed by atoms with Crippen LogP contribution in [-0.4, -0.2) is 261 Å². The maximum atomic E-state index is 15.5. The second kappa shape index (κ2) is 35.9. The molecule has 3 saturated carbocycles. The number of carbonyl (C=O) groups is 12. The largest absolute Gasteiger partial charge is 0.393 e. The molecule has 0 aromatic rings. The van der Waals surface area contributed by atoms with Gasteiger partial charge in [-0.1, -0.05) is 92.9 Å². The van der Waals surface area contributed by atoms with Crippen molar-refractivity contribution >= 4 is 82.5 Å². The highest BCUT2D eigenvalue weighted by molar-refractivity contribution is 6.21. The van der Waals surface area contributed by atoms with Crippen molar-refractivity contribution in [1.29, 1.82) is 0 Å². The number of hydrogen-bond donors (Lipinski definition) is 3. The molecule has 1 spiro atoms. The van der Waals surface area contributed by atoms with Crippen LogP contribution in [0.4, 0.5) is 13.2 Å². The lowest BCUT2D eigenvalue weighted by molar-refractivity contribution is -0.182. The standard InChI is InChI=1S/C73H118ClF3N12O12/c1-14-46(6)60-69(99)82(9)47(7)64(94)89-39-33-55(89)67(97)84(11)56(41-48-24-17-15-18-25-48)66(96)81(8)43-58(90)78-52(31-29-49-28-30-50(51(74)40-49)73(75,76)77)65(95)88-38-23-26-54(88)63(93)80-72(34-19-20-35-72)71(101)86(13)61(45(4)5)70(100)85(12)57(68(98)87-36-21-16-22-37-87)42-59(91)83(10)53(62(92)79-60)32-27-44(2)3/h44-57,60-61H,14-43H2,1-13H3,(H,78,90)(H,79,92)(H,80,93)/t46-,47-,49?,50?,51?,52-,53-,54-,55-,56-,57-,60-,61-/m0/s1. The average molecular weight is 1450 g/mol. The zero-order valence-electron chi connectivity index (χ0n) is 62.4. The van der Waals surface area contributed by atoms with E-state index in [0.29, 0.717) is 58.0 Å². The lowest BCUT2D eigenvalue weighted by atomic mass is 9.78. The van der Waals surface area contributed by atoms with Crippen molar-refractivity contribution in [1.82, 2.24) is 60.0 Å². The summed E-state index contributed by atoms with van der Waals surface area (Å²) in [7, 11) is 8.70. The molecule has 28 heteroatoms. The molecule has 4 heterocycles. The molecule has 7 rings (SSSR count). The minimum atomic E-state index is -4.51. The minimum absolute atomic E-state index is 0.00115. The maximum Gasteiger partial charge on any atom is 0.393 e. The van der Waals surface area contributed by atoms with Gasteiger partial charge in [0.1, 0.15) is 59.9 Å². The van der Waals surface area contributed by atoms with Gasteiger partial charge < -0.3 is 60.0 Å². The Hall–Kier alpha value is -6.28. The van der Waals surface area contributed by atoms with Crippen LogP contribution in [0.3, 0.4) is 0 Å². The lowest BCUT2D eigenvalue weighted by Crippen LogP contribution is -2.65. The molecule has 12 amide bonds. The predicted octanol–water partition coefficient (Wildman–Crippen LogP) is 6.48. The van der Waals surface area contributed by atoms with Crippen molar-refractivity contribution in [3.8, 4) is 0 Å². The Morgan fingerprint density at radius 1 is 0.594 bits per heavy atom. The molecule has 7 fully saturated rings. The SMILES string of the molecule is CC[C@H](C)[C@@H]1NC(=O)[C@H](CCC(C)C)N(C)C(=O)C[C@@H](C(=O)N2CCCCC2)N(C)C(=O)[C@H](C(C)C)N(C)C(=O)C2(CCCC2)NC(=O)[C@@H]2CCCN2C(=O)[C@H](CCC2CCC(C(F)(F)F)C(Cl)C2)NC(=O)CN(C)C(=O)[C@H](CC2CCCCC2)N(C)C(=O)[C@@H]2CCN2C(=O)[C@H](C)N(C)C1=O. The molecule has 0 bridgehead atoms. The summed E-state index contributed by atoms with van der Waals surface area (Å²) in [4.78, 5) is 192. The van der Waals surface area contributed by atoms with Crippen LogP contribution in [0.25, 0.3) is 0 Å². The fourth-order valence-corrected chi connectivity index (χ4v) is 17.1. The second-order valence-electron chi connectivity index (χ2n) is 31.4. The molecule has 4 saturated heterocycles. The number of rotatable bonds is 12. The highest BCUT2D eigenvalue weighted by Crippen LogP contribution is 2.44. The first-order chi connectivity index (χ1) is 47.5. The molecule has 3 unspecified atom stereocenters. The number of carbonyl (C=O) groups excluding carboxylic acids is 12. The quantitative estimate of drug-likeness (QED) is 0.177. The highest BCUT2D eigenvalue weighted by Gasteiger charge is 2.52. The van der Waals surface area contributed by atoms with E-state index in [4.69, 9.17) is 11.6 Å². The van der Waals surface area contributed by atoms with Crippen LogP contribution in [0.5, 0.6) is 0 Å². The van der Waals surface area contributed by atoms with Gasteiger partial charge in [0.05, 0.1) is 18.9 Å². The Labute approximate surface area is 601 Å². The molecule has 3 aliphatic carbocycles. The summed E-state index contributed by atoms with van der Waals surface area (Å²) in [5.41, 5.74) is -1.56. The molecule has 570 valence electrons. The number of hydrogen-bond acceptors (Lipinski definition) is 12. The molecule has 0 aromatic carbocycles. The van der Waals surface area contributed by atoms with E-state index < -0.39 is 173 Å². The van der Waals surface area contributed by atoms with Gasteiger partial charge >= 0.3 is 6.18 Å². The number of halogens is 4. The van der Waals surface area contributed by atoms with E-state index in [1.807, 2.05) is 20.8 Å². The molecular weight excluding hydrogens is 1330 g/mol. The topological polar surface area (TPSA) is 270 Å². The van der Waals surface area contributed by atoms with E-state index in [0.717, 1.165) is 38.5 Å². The van der Waals surface area contributed by atoms with Crippen molar-refractivity contribution < 1.29 is 70.7 Å². The van der Waals surface area contributed by atoms with Crippen molar-refractivity contribution in [2.45, 2.75) is 280 Å². The summed E-state index contributed by atoms with van der Waals surface area (Å²) >= 11 is 6.41. The van der Waals surface area contributed by atoms with Crippen LogP contribution >= 0.6 is 11.6 Å². The average Bonchev–Trinajstić information content (AvgIpc) is 1.76. The van der Waals surface area contributed by atoms with E-state index in [1.165, 1.54) is 88.4 Å². The number of piperidine rings is 1. The van der Waals surface area contributed by atoms with Crippen LogP contribution < -0.4 is 16.0 Å². The van der Waals surface area contributed by atoms with Gasteiger partial charge in [-0.2, -0.15) is 13.2 Å². The summed E-state index contributed by atoms with van der Waals surface area (Å²) < 4.78 is 42.1. The molecular formula is C73H118ClF3N12O12. The van der Waals surface area contributed by atoms with E-state index in [1.54, 1.807) is 25.7 Å². The van der Waals surface area contributed by atoms with E-state index in [9.17, 15) is 37.1 Å². The zero-order valence-corrected chi connectivity index (χ0v) is 63.1. The lowest BCUT2D eigenvalue weighted by Gasteiger charge is -2.45. The first kappa shape index (κ1) is 82.0. The third-order valence-electron chi connectivity index (χ3n) is 23.6. The summed E-state index contributed by atoms with van der Waals surface area (Å²) in [6.07, 6.45) is 5.09. The summed E-state index contributed by atoms with van der Waals surface area (Å²) in [6.45, 7) is 13.0. The summed E-state index contributed by atoms with van der Waals surface area (Å²) in [5.74, 6) is -10.4. The Kier molecular flexibility index (Phi) is 29.2. The second-order valence-corrected chi connectivity index (χ2v) is 32.0. The van der Waals surface area contributed by atoms with Gasteiger partial charge in [0.25, 0.3) is 0 Å². The van der Waals surface area contributed by atoms with Crippen molar-refractivity contribution in [3.63, 3.8) is 0 Å². The monoisotopic (exact) mass is 1450 g/mol. The molecule has 0 aromatic heterocycles. The third kappa shape index (κ3) is 19.8. The third-order valence-corrected chi connectivity index (χ3v) is 24.1. The number of fused-ring (bicyclic) bond motifs is 2. The normalized spacial score (nSPS) is 30.8. The number of alkyl halides is 4. The molecule has 4 aliphatic heterocycles.